The Bertz CT molecular complexity index is 433. The number of cyclic esters (lactones) is 1. The lowest BCUT2D eigenvalue weighted by atomic mass is 9.94. The first-order valence-electron chi connectivity index (χ1n) is 5.24. The fraction of sp³-hybridized carbons (Fsp3) is 0.417. The Labute approximate surface area is 88.0 Å². The van der Waals surface area contributed by atoms with Gasteiger partial charge in [0.25, 0.3) is 0 Å². The molecule has 2 aliphatic heterocycles. The topological polar surface area (TPSA) is 38.8 Å². The summed E-state index contributed by atoms with van der Waals surface area (Å²) in [6, 6.07) is 3.86. The summed E-state index contributed by atoms with van der Waals surface area (Å²) in [5, 5.41) is 0. The number of carbonyl (C=O) groups excluding carboxylic acids is 1. The van der Waals surface area contributed by atoms with Crippen molar-refractivity contribution in [3.05, 3.63) is 34.4 Å². The molecule has 3 rings (SSSR count). The molecule has 0 spiro atoms. The van der Waals surface area contributed by atoms with Gasteiger partial charge in [0.15, 0.2) is 0 Å². The third kappa shape index (κ3) is 1.27. The van der Waals surface area contributed by atoms with Gasteiger partial charge >= 0.3 is 5.97 Å². The van der Waals surface area contributed by atoms with Gasteiger partial charge in [0.2, 0.25) is 0 Å². The largest absolute Gasteiger partial charge is 0.457 e. The van der Waals surface area contributed by atoms with Crippen molar-refractivity contribution in [3.8, 4) is 0 Å². The fourth-order valence-corrected chi connectivity index (χ4v) is 2.23. The Kier molecular flexibility index (Phi) is 1.83. The van der Waals surface area contributed by atoms with Gasteiger partial charge < -0.3 is 9.47 Å². The van der Waals surface area contributed by atoms with Crippen molar-refractivity contribution in [3.63, 3.8) is 0 Å². The maximum Gasteiger partial charge on any atom is 0.338 e. The molecule has 0 bridgehead atoms. The number of ether oxygens (including phenoxy) is 2. The van der Waals surface area contributed by atoms with E-state index in [0.717, 1.165) is 24.2 Å². The van der Waals surface area contributed by atoms with Crippen LogP contribution in [0.3, 0.4) is 0 Å². The van der Waals surface area contributed by atoms with Crippen molar-refractivity contribution < 1.29 is 14.3 Å². The lowest BCUT2D eigenvalue weighted by molar-refractivity contribution is 0.0535. The molecule has 2 aliphatic rings. The average molecular weight is 204 g/mol. The van der Waals surface area contributed by atoms with E-state index in [2.05, 4.69) is 6.92 Å². The van der Waals surface area contributed by atoms with Crippen LogP contribution in [-0.4, -0.2) is 12.6 Å². The second-order valence-corrected chi connectivity index (χ2v) is 3.91. The molecule has 0 N–H and O–H groups in total. The first kappa shape index (κ1) is 8.92. The highest BCUT2D eigenvalue weighted by atomic mass is 16.6. The van der Waals surface area contributed by atoms with Gasteiger partial charge in [-0.05, 0) is 23.6 Å². The smallest absolute Gasteiger partial charge is 0.338 e. The van der Waals surface area contributed by atoms with Crippen LogP contribution in [0.5, 0.6) is 0 Å². The summed E-state index contributed by atoms with van der Waals surface area (Å²) in [4.78, 5) is 11.4. The van der Waals surface area contributed by atoms with Gasteiger partial charge in [-0.15, -0.1) is 0 Å². The third-order valence-corrected chi connectivity index (χ3v) is 3.07. The Morgan fingerprint density at radius 3 is 2.93 bits per heavy atom. The zero-order chi connectivity index (χ0) is 10.4. The minimum Gasteiger partial charge on any atom is -0.457 e. The minimum atomic E-state index is -0.192. The molecule has 0 unspecified atom stereocenters. The van der Waals surface area contributed by atoms with Gasteiger partial charge in [-0.3, -0.25) is 0 Å². The van der Waals surface area contributed by atoms with E-state index in [9.17, 15) is 4.79 Å². The standard InChI is InChI=1S/C12H12O3/c1-2-7-8(11-6-14-11)3-4-9-10(7)5-15-12(9)13/h3-4,11H,2,5-6H2,1H3/t11-/m1/s1. The second kappa shape index (κ2) is 3.07. The quantitative estimate of drug-likeness (QED) is 0.546. The molecule has 3 nitrogen and oxygen atoms in total. The number of hydrogen-bond acceptors (Lipinski definition) is 3. The number of epoxide rings is 1. The first-order valence-corrected chi connectivity index (χ1v) is 5.24. The van der Waals surface area contributed by atoms with E-state index in [4.69, 9.17) is 9.47 Å². The summed E-state index contributed by atoms with van der Waals surface area (Å²) in [5.41, 5.74) is 4.27. The first-order chi connectivity index (χ1) is 7.31. The summed E-state index contributed by atoms with van der Waals surface area (Å²) in [6.07, 6.45) is 1.18. The highest BCUT2D eigenvalue weighted by Crippen LogP contribution is 2.36. The van der Waals surface area contributed by atoms with Crippen LogP contribution >= 0.6 is 0 Å². The van der Waals surface area contributed by atoms with Gasteiger partial charge in [0, 0.05) is 5.56 Å². The predicted molar refractivity (Wildman–Crippen MR) is 53.6 cm³/mol. The molecule has 78 valence electrons. The van der Waals surface area contributed by atoms with Crippen LogP contribution in [-0.2, 0) is 22.5 Å². The number of esters is 1. The number of rotatable bonds is 2. The molecular weight excluding hydrogens is 192 g/mol. The molecule has 0 saturated carbocycles. The molecule has 0 aliphatic carbocycles. The summed E-state index contributed by atoms with van der Waals surface area (Å²) in [6.45, 7) is 3.34. The van der Waals surface area contributed by atoms with Gasteiger partial charge in [0.1, 0.15) is 12.7 Å². The summed E-state index contributed by atoms with van der Waals surface area (Å²) >= 11 is 0. The lowest BCUT2D eigenvalue weighted by Crippen LogP contribution is -1.99. The number of benzene rings is 1. The minimum absolute atomic E-state index is 0.192. The molecule has 1 saturated heterocycles. The SMILES string of the molecule is CCc1c([C@H]2CO2)ccc2c1COC2=O. The molecule has 1 fully saturated rings. The molecule has 15 heavy (non-hydrogen) atoms. The van der Waals surface area contributed by atoms with Crippen molar-refractivity contribution in [2.24, 2.45) is 0 Å². The van der Waals surface area contributed by atoms with Crippen LogP contribution < -0.4 is 0 Å². The van der Waals surface area contributed by atoms with E-state index in [0.29, 0.717) is 6.61 Å². The second-order valence-electron chi connectivity index (χ2n) is 3.91. The molecule has 2 heterocycles. The molecule has 3 heteroatoms. The monoisotopic (exact) mass is 204 g/mol. The van der Waals surface area contributed by atoms with Gasteiger partial charge in [-0.1, -0.05) is 13.0 Å². The molecule has 0 aromatic heterocycles. The zero-order valence-corrected chi connectivity index (χ0v) is 8.58. The van der Waals surface area contributed by atoms with E-state index in [1.807, 2.05) is 12.1 Å². The van der Waals surface area contributed by atoms with Crippen LogP contribution in [0.1, 0.15) is 40.1 Å². The number of hydrogen-bond donors (Lipinski definition) is 0. The number of carbonyl (C=O) groups is 1. The van der Waals surface area contributed by atoms with Crippen molar-refractivity contribution in [2.75, 3.05) is 6.61 Å². The maximum absolute atomic E-state index is 11.4. The summed E-state index contributed by atoms with van der Waals surface area (Å²) < 4.78 is 10.3. The highest BCUT2D eigenvalue weighted by molar-refractivity contribution is 5.94. The van der Waals surface area contributed by atoms with Crippen molar-refractivity contribution in [2.45, 2.75) is 26.1 Å². The fourth-order valence-electron chi connectivity index (χ4n) is 2.23. The van der Waals surface area contributed by atoms with Crippen LogP contribution in [0.15, 0.2) is 12.1 Å². The Morgan fingerprint density at radius 2 is 2.27 bits per heavy atom. The van der Waals surface area contributed by atoms with Crippen molar-refractivity contribution in [1.82, 2.24) is 0 Å². The van der Waals surface area contributed by atoms with Gasteiger partial charge in [-0.2, -0.15) is 0 Å². The highest BCUT2D eigenvalue weighted by Gasteiger charge is 2.31. The van der Waals surface area contributed by atoms with Crippen LogP contribution in [0, 0.1) is 0 Å². The van der Waals surface area contributed by atoms with Gasteiger partial charge in [0.05, 0.1) is 12.2 Å². The van der Waals surface area contributed by atoms with Crippen molar-refractivity contribution in [1.29, 1.82) is 0 Å². The Morgan fingerprint density at radius 1 is 1.47 bits per heavy atom. The van der Waals surface area contributed by atoms with E-state index in [1.165, 1.54) is 11.1 Å². The molecule has 0 amide bonds. The summed E-state index contributed by atoms with van der Waals surface area (Å²) in [7, 11) is 0. The molecule has 0 radical (unpaired) electrons. The molecule has 1 aromatic rings. The van der Waals surface area contributed by atoms with Crippen LogP contribution in [0.4, 0.5) is 0 Å². The van der Waals surface area contributed by atoms with E-state index >= 15 is 0 Å². The molecule has 1 aromatic carbocycles. The Hall–Kier alpha value is -1.35. The third-order valence-electron chi connectivity index (χ3n) is 3.07. The Balaban J connectivity index is 2.16. The van der Waals surface area contributed by atoms with E-state index in [1.54, 1.807) is 0 Å². The zero-order valence-electron chi connectivity index (χ0n) is 8.58. The number of fused-ring (bicyclic) bond motifs is 1. The maximum atomic E-state index is 11.4. The lowest BCUT2D eigenvalue weighted by Gasteiger charge is -2.08. The molecular formula is C12H12O3. The summed E-state index contributed by atoms with van der Waals surface area (Å²) in [5.74, 6) is -0.192. The average Bonchev–Trinajstić information content (AvgIpc) is 3.03. The van der Waals surface area contributed by atoms with Crippen LogP contribution in [0.25, 0.3) is 0 Å². The molecule has 1 atom stereocenters. The van der Waals surface area contributed by atoms with Gasteiger partial charge in [-0.25, -0.2) is 4.79 Å². The van der Waals surface area contributed by atoms with Crippen molar-refractivity contribution >= 4 is 5.97 Å². The van der Waals surface area contributed by atoms with E-state index in [-0.39, 0.29) is 12.1 Å². The van der Waals surface area contributed by atoms with E-state index < -0.39 is 0 Å². The van der Waals surface area contributed by atoms with Crippen LogP contribution in [0.2, 0.25) is 0 Å². The normalized spacial score (nSPS) is 22.5. The predicted octanol–water partition coefficient (Wildman–Crippen LogP) is 1.99.